The van der Waals surface area contributed by atoms with Gasteiger partial charge < -0.3 is 11.1 Å². The molecule has 0 radical (unpaired) electrons. The van der Waals surface area contributed by atoms with Crippen LogP contribution in [0.2, 0.25) is 5.02 Å². The Bertz CT molecular complexity index is 663. The summed E-state index contributed by atoms with van der Waals surface area (Å²) in [4.78, 5) is 12.3. The molecular formula is C15H14BrClN2O. The molecule has 0 fully saturated rings. The monoisotopic (exact) mass is 352 g/mol. The Labute approximate surface area is 131 Å². The number of amides is 1. The van der Waals surface area contributed by atoms with Gasteiger partial charge in [-0.3, -0.25) is 4.79 Å². The summed E-state index contributed by atoms with van der Waals surface area (Å²) < 4.78 is 0.760. The minimum absolute atomic E-state index is 0.199. The molecule has 0 heterocycles. The van der Waals surface area contributed by atoms with E-state index in [4.69, 9.17) is 17.3 Å². The third kappa shape index (κ3) is 3.14. The van der Waals surface area contributed by atoms with Crippen LogP contribution >= 0.6 is 27.5 Å². The first-order valence-electron chi connectivity index (χ1n) is 6.01. The lowest BCUT2D eigenvalue weighted by molar-refractivity contribution is 0.102. The van der Waals surface area contributed by atoms with E-state index in [9.17, 15) is 4.79 Å². The Morgan fingerprint density at radius 1 is 1.20 bits per heavy atom. The second-order valence-electron chi connectivity index (χ2n) is 4.61. The number of halogens is 2. The molecule has 2 aromatic rings. The fourth-order valence-electron chi connectivity index (χ4n) is 2.02. The van der Waals surface area contributed by atoms with Crippen LogP contribution in [0, 0.1) is 13.8 Å². The number of hydrogen-bond donors (Lipinski definition) is 2. The van der Waals surface area contributed by atoms with Gasteiger partial charge in [0.2, 0.25) is 0 Å². The highest BCUT2D eigenvalue weighted by Crippen LogP contribution is 2.26. The first-order chi connectivity index (χ1) is 9.38. The van der Waals surface area contributed by atoms with Crippen LogP contribution in [0.4, 0.5) is 11.4 Å². The van der Waals surface area contributed by atoms with Gasteiger partial charge in [0.25, 0.3) is 5.91 Å². The van der Waals surface area contributed by atoms with Crippen molar-refractivity contribution in [1.29, 1.82) is 0 Å². The van der Waals surface area contributed by atoms with E-state index in [1.54, 1.807) is 18.2 Å². The summed E-state index contributed by atoms with van der Waals surface area (Å²) in [6.07, 6.45) is 0. The van der Waals surface area contributed by atoms with Crippen LogP contribution in [-0.2, 0) is 0 Å². The molecule has 20 heavy (non-hydrogen) atoms. The summed E-state index contributed by atoms with van der Waals surface area (Å²) >= 11 is 9.30. The summed E-state index contributed by atoms with van der Waals surface area (Å²) in [7, 11) is 0. The van der Waals surface area contributed by atoms with Gasteiger partial charge in [-0.25, -0.2) is 0 Å². The quantitative estimate of drug-likeness (QED) is 0.778. The highest BCUT2D eigenvalue weighted by molar-refractivity contribution is 9.10. The molecule has 0 saturated heterocycles. The van der Waals surface area contributed by atoms with Crippen molar-refractivity contribution in [1.82, 2.24) is 0 Å². The molecule has 0 bridgehead atoms. The van der Waals surface area contributed by atoms with Gasteiger partial charge in [-0.2, -0.15) is 0 Å². The molecule has 3 nitrogen and oxygen atoms in total. The van der Waals surface area contributed by atoms with E-state index in [0.29, 0.717) is 16.3 Å². The fraction of sp³-hybridized carbons (Fsp3) is 0.133. The minimum Gasteiger partial charge on any atom is -0.399 e. The highest BCUT2D eigenvalue weighted by atomic mass is 79.9. The number of aryl methyl sites for hydroxylation is 2. The normalized spacial score (nSPS) is 10.4. The number of nitrogens with two attached hydrogens (primary N) is 1. The van der Waals surface area contributed by atoms with Gasteiger partial charge in [0.15, 0.2) is 0 Å². The number of nitrogen functional groups attached to an aromatic ring is 1. The van der Waals surface area contributed by atoms with E-state index in [0.717, 1.165) is 21.3 Å². The van der Waals surface area contributed by atoms with Gasteiger partial charge in [-0.05, 0) is 71.2 Å². The van der Waals surface area contributed by atoms with Crippen LogP contribution in [-0.4, -0.2) is 5.91 Å². The third-order valence-corrected chi connectivity index (χ3v) is 4.21. The number of hydrogen-bond acceptors (Lipinski definition) is 2. The lowest BCUT2D eigenvalue weighted by Gasteiger charge is -2.13. The second kappa shape index (κ2) is 5.85. The maximum atomic E-state index is 12.3. The Balaban J connectivity index is 2.30. The molecule has 5 heteroatoms. The van der Waals surface area contributed by atoms with Crippen LogP contribution in [0.1, 0.15) is 21.5 Å². The van der Waals surface area contributed by atoms with Gasteiger partial charge >= 0.3 is 0 Å². The standard InChI is InChI=1S/C15H14BrClN2O/c1-8-5-11(18)6-9(2)14(8)19-15(20)10-3-4-12(16)13(17)7-10/h3-7H,18H2,1-2H3,(H,19,20). The number of carbonyl (C=O) groups is 1. The van der Waals surface area contributed by atoms with Gasteiger partial charge in [0.1, 0.15) is 0 Å². The van der Waals surface area contributed by atoms with Gasteiger partial charge in [-0.1, -0.05) is 11.6 Å². The van der Waals surface area contributed by atoms with E-state index < -0.39 is 0 Å². The molecule has 2 aromatic carbocycles. The molecular weight excluding hydrogens is 340 g/mol. The maximum Gasteiger partial charge on any atom is 0.255 e. The molecule has 3 N–H and O–H groups in total. The smallest absolute Gasteiger partial charge is 0.255 e. The highest BCUT2D eigenvalue weighted by Gasteiger charge is 2.11. The molecule has 0 saturated carbocycles. The van der Waals surface area contributed by atoms with E-state index >= 15 is 0 Å². The summed E-state index contributed by atoms with van der Waals surface area (Å²) in [6, 6.07) is 8.75. The first kappa shape index (κ1) is 14.9. The lowest BCUT2D eigenvalue weighted by Crippen LogP contribution is -2.14. The van der Waals surface area contributed by atoms with Crippen LogP contribution in [0.15, 0.2) is 34.8 Å². The fourth-order valence-corrected chi connectivity index (χ4v) is 2.44. The van der Waals surface area contributed by atoms with Crippen LogP contribution in [0.5, 0.6) is 0 Å². The summed E-state index contributed by atoms with van der Waals surface area (Å²) in [5, 5.41) is 3.40. The van der Waals surface area contributed by atoms with E-state index in [1.807, 2.05) is 26.0 Å². The zero-order valence-electron chi connectivity index (χ0n) is 11.1. The SMILES string of the molecule is Cc1cc(N)cc(C)c1NC(=O)c1ccc(Br)c(Cl)c1. The van der Waals surface area contributed by atoms with E-state index in [1.165, 1.54) is 0 Å². The molecule has 0 aliphatic heterocycles. The van der Waals surface area contributed by atoms with Gasteiger partial charge in [0.05, 0.1) is 5.02 Å². The summed E-state index contributed by atoms with van der Waals surface area (Å²) in [5.41, 5.74) is 9.60. The summed E-state index contributed by atoms with van der Waals surface area (Å²) in [5.74, 6) is -0.199. The van der Waals surface area contributed by atoms with Crippen molar-refractivity contribution < 1.29 is 4.79 Å². The zero-order valence-corrected chi connectivity index (χ0v) is 13.5. The molecule has 104 valence electrons. The van der Waals surface area contributed by atoms with Gasteiger partial charge in [0, 0.05) is 21.4 Å². The maximum absolute atomic E-state index is 12.3. The molecule has 2 rings (SSSR count). The van der Waals surface area contributed by atoms with Crippen LogP contribution in [0.25, 0.3) is 0 Å². The Hall–Kier alpha value is -1.52. The Kier molecular flexibility index (Phi) is 4.35. The largest absolute Gasteiger partial charge is 0.399 e. The van der Waals surface area contributed by atoms with Crippen molar-refractivity contribution in [2.24, 2.45) is 0 Å². The molecule has 0 spiro atoms. The number of carbonyl (C=O) groups excluding carboxylic acids is 1. The van der Waals surface area contributed by atoms with E-state index in [2.05, 4.69) is 21.2 Å². The van der Waals surface area contributed by atoms with Crippen molar-refractivity contribution in [3.63, 3.8) is 0 Å². The number of anilines is 2. The van der Waals surface area contributed by atoms with Crippen LogP contribution < -0.4 is 11.1 Å². The van der Waals surface area contributed by atoms with Gasteiger partial charge in [-0.15, -0.1) is 0 Å². The number of nitrogens with one attached hydrogen (secondary N) is 1. The van der Waals surface area contributed by atoms with Crippen molar-refractivity contribution in [2.75, 3.05) is 11.1 Å². The molecule has 0 aromatic heterocycles. The van der Waals surface area contributed by atoms with Crippen LogP contribution in [0.3, 0.4) is 0 Å². The minimum atomic E-state index is -0.199. The number of rotatable bonds is 2. The molecule has 0 aliphatic carbocycles. The molecule has 1 amide bonds. The van der Waals surface area contributed by atoms with Crippen molar-refractivity contribution in [2.45, 2.75) is 13.8 Å². The average molecular weight is 354 g/mol. The Morgan fingerprint density at radius 3 is 2.35 bits per heavy atom. The first-order valence-corrected chi connectivity index (χ1v) is 7.18. The zero-order chi connectivity index (χ0) is 14.9. The second-order valence-corrected chi connectivity index (χ2v) is 5.87. The van der Waals surface area contributed by atoms with E-state index in [-0.39, 0.29) is 5.91 Å². The number of benzene rings is 2. The Morgan fingerprint density at radius 2 is 1.80 bits per heavy atom. The third-order valence-electron chi connectivity index (χ3n) is 2.98. The topological polar surface area (TPSA) is 55.1 Å². The molecule has 0 unspecified atom stereocenters. The predicted molar refractivity (Wildman–Crippen MR) is 87.4 cm³/mol. The average Bonchev–Trinajstić information content (AvgIpc) is 2.36. The van der Waals surface area contributed by atoms with Crippen molar-refractivity contribution in [3.8, 4) is 0 Å². The van der Waals surface area contributed by atoms with Crippen molar-refractivity contribution >= 4 is 44.8 Å². The summed E-state index contributed by atoms with van der Waals surface area (Å²) in [6.45, 7) is 3.82. The lowest BCUT2D eigenvalue weighted by atomic mass is 10.1. The van der Waals surface area contributed by atoms with Crippen molar-refractivity contribution in [3.05, 3.63) is 56.5 Å². The predicted octanol–water partition coefficient (Wildman–Crippen LogP) is 4.55. The molecule has 0 aliphatic rings. The molecule has 0 atom stereocenters.